The summed E-state index contributed by atoms with van der Waals surface area (Å²) in [5.41, 5.74) is 1.07. The van der Waals surface area contributed by atoms with Gasteiger partial charge in [-0.2, -0.15) is 5.10 Å². The lowest BCUT2D eigenvalue weighted by Crippen LogP contribution is -2.42. The number of ether oxygens (including phenoxy) is 1. The Balaban J connectivity index is 2.91. The van der Waals surface area contributed by atoms with Crippen molar-refractivity contribution >= 4 is 11.6 Å². The summed E-state index contributed by atoms with van der Waals surface area (Å²) < 4.78 is 7.10. The van der Waals surface area contributed by atoms with Gasteiger partial charge in [0.15, 0.2) is 0 Å². The van der Waals surface area contributed by atoms with Crippen molar-refractivity contribution in [3.05, 3.63) is 16.4 Å². The van der Waals surface area contributed by atoms with Crippen LogP contribution in [0.5, 0.6) is 0 Å². The highest BCUT2D eigenvalue weighted by Gasteiger charge is 2.32. The van der Waals surface area contributed by atoms with Gasteiger partial charge >= 0.3 is 0 Å². The van der Waals surface area contributed by atoms with E-state index in [2.05, 4.69) is 5.10 Å². The molecule has 0 aliphatic carbocycles. The van der Waals surface area contributed by atoms with Crippen LogP contribution in [0, 0.1) is 6.92 Å². The number of hydrogen-bond donors (Lipinski definition) is 1. The van der Waals surface area contributed by atoms with Gasteiger partial charge in [0.25, 0.3) is 0 Å². The van der Waals surface area contributed by atoms with E-state index in [1.54, 1.807) is 11.8 Å². The minimum atomic E-state index is -0.607. The van der Waals surface area contributed by atoms with Gasteiger partial charge in [-0.3, -0.25) is 4.68 Å². The molecule has 17 heavy (non-hydrogen) atoms. The quantitative estimate of drug-likeness (QED) is 0.882. The van der Waals surface area contributed by atoms with Gasteiger partial charge in [-0.05, 0) is 20.3 Å². The number of methoxy groups -OCH3 is 1. The Hall–Kier alpha value is -0.580. The lowest BCUT2D eigenvalue weighted by atomic mass is 9.92. The summed E-state index contributed by atoms with van der Waals surface area (Å²) in [6.45, 7) is 5.74. The molecule has 0 aromatic carbocycles. The zero-order valence-corrected chi connectivity index (χ0v) is 11.9. The molecule has 0 aliphatic rings. The second-order valence-corrected chi connectivity index (χ2v) is 4.94. The number of aliphatic hydroxyl groups excluding tert-OH is 1. The maximum atomic E-state index is 10.3. The van der Waals surface area contributed by atoms with Gasteiger partial charge < -0.3 is 9.84 Å². The van der Waals surface area contributed by atoms with E-state index in [4.69, 9.17) is 16.3 Å². The third kappa shape index (κ3) is 2.81. The number of nitrogens with zero attached hydrogens (tertiary/aromatic N) is 2. The van der Waals surface area contributed by atoms with Crippen molar-refractivity contribution in [1.82, 2.24) is 9.78 Å². The van der Waals surface area contributed by atoms with Crippen LogP contribution in [-0.4, -0.2) is 33.7 Å². The van der Waals surface area contributed by atoms with Crippen LogP contribution < -0.4 is 0 Å². The first-order chi connectivity index (χ1) is 7.85. The van der Waals surface area contributed by atoms with Crippen molar-refractivity contribution in [3.8, 4) is 0 Å². The molecule has 98 valence electrons. The summed E-state index contributed by atoms with van der Waals surface area (Å²) in [6, 6.07) is 0. The molecule has 2 atom stereocenters. The molecule has 1 rings (SSSR count). The molecule has 2 unspecified atom stereocenters. The number of aromatic nitrogens is 2. The average molecular weight is 261 g/mol. The van der Waals surface area contributed by atoms with Crippen LogP contribution in [0.15, 0.2) is 0 Å². The first kappa shape index (κ1) is 14.5. The summed E-state index contributed by atoms with van der Waals surface area (Å²) in [5.74, 6) is 0. The van der Waals surface area contributed by atoms with Gasteiger partial charge in [-0.15, -0.1) is 0 Å². The van der Waals surface area contributed by atoms with E-state index in [9.17, 15) is 5.11 Å². The molecule has 0 saturated carbocycles. The fourth-order valence-electron chi connectivity index (χ4n) is 1.82. The highest BCUT2D eigenvalue weighted by molar-refractivity contribution is 6.31. The smallest absolute Gasteiger partial charge is 0.0909 e. The van der Waals surface area contributed by atoms with Crippen molar-refractivity contribution in [2.75, 3.05) is 7.11 Å². The Bertz CT molecular complexity index is 386. The van der Waals surface area contributed by atoms with Crippen molar-refractivity contribution in [2.24, 2.45) is 7.05 Å². The van der Waals surface area contributed by atoms with Crippen molar-refractivity contribution in [1.29, 1.82) is 0 Å². The van der Waals surface area contributed by atoms with E-state index < -0.39 is 11.7 Å². The fourth-order valence-corrected chi connectivity index (χ4v) is 2.05. The maximum Gasteiger partial charge on any atom is 0.0909 e. The van der Waals surface area contributed by atoms with Crippen LogP contribution in [0.3, 0.4) is 0 Å². The molecule has 1 aromatic rings. The number of hydrogen-bond acceptors (Lipinski definition) is 3. The highest BCUT2D eigenvalue weighted by Crippen LogP contribution is 2.26. The number of halogens is 1. The lowest BCUT2D eigenvalue weighted by molar-refractivity contribution is -0.0919. The molecule has 0 spiro atoms. The van der Waals surface area contributed by atoms with E-state index in [0.717, 1.165) is 17.8 Å². The van der Waals surface area contributed by atoms with Gasteiger partial charge in [0.05, 0.1) is 28.1 Å². The predicted molar refractivity (Wildman–Crippen MR) is 68.4 cm³/mol. The standard InChI is InChI=1S/C12H21ClN2O2/c1-6-12(3,17-5)10(16)7-9-11(13)8(2)14-15(9)4/h10,16H,6-7H2,1-5H3. The number of aryl methyl sites for hydroxylation is 2. The van der Waals surface area contributed by atoms with Gasteiger partial charge in [0.2, 0.25) is 0 Å². The summed E-state index contributed by atoms with van der Waals surface area (Å²) in [6.07, 6.45) is 0.567. The van der Waals surface area contributed by atoms with Crippen molar-refractivity contribution < 1.29 is 9.84 Å². The minimum Gasteiger partial charge on any atom is -0.390 e. The Morgan fingerprint density at radius 2 is 2.18 bits per heavy atom. The molecule has 1 N–H and O–H groups in total. The Kier molecular flexibility index (Phi) is 4.58. The predicted octanol–water partition coefficient (Wildman–Crippen LogP) is 2.10. The van der Waals surface area contributed by atoms with Gasteiger partial charge in [0.1, 0.15) is 0 Å². The van der Waals surface area contributed by atoms with Crippen molar-refractivity contribution in [3.63, 3.8) is 0 Å². The molecule has 5 heteroatoms. The van der Waals surface area contributed by atoms with E-state index in [-0.39, 0.29) is 0 Å². The minimum absolute atomic E-state index is 0.439. The number of rotatable bonds is 5. The summed E-state index contributed by atoms with van der Waals surface area (Å²) in [7, 11) is 3.44. The molecular formula is C12H21ClN2O2. The van der Waals surface area contributed by atoms with Crippen LogP contribution in [0.1, 0.15) is 31.7 Å². The Morgan fingerprint density at radius 3 is 2.53 bits per heavy atom. The Labute approximate surface area is 108 Å². The molecule has 4 nitrogen and oxygen atoms in total. The van der Waals surface area contributed by atoms with Crippen molar-refractivity contribution in [2.45, 2.75) is 45.3 Å². The summed E-state index contributed by atoms with van der Waals surface area (Å²) >= 11 is 6.16. The molecular weight excluding hydrogens is 240 g/mol. The second kappa shape index (κ2) is 5.38. The molecule has 0 fully saturated rings. The first-order valence-corrected chi connectivity index (χ1v) is 6.14. The number of aliphatic hydroxyl groups is 1. The average Bonchev–Trinajstić information content (AvgIpc) is 2.54. The zero-order chi connectivity index (χ0) is 13.2. The largest absolute Gasteiger partial charge is 0.390 e. The molecule has 0 bridgehead atoms. The SMILES string of the molecule is CCC(C)(OC)C(O)Cc1c(Cl)c(C)nn1C. The van der Waals surface area contributed by atoms with Crippen LogP contribution in [0.25, 0.3) is 0 Å². The van der Waals surface area contributed by atoms with Crippen LogP contribution in [-0.2, 0) is 18.2 Å². The van der Waals surface area contributed by atoms with E-state index >= 15 is 0 Å². The monoisotopic (exact) mass is 260 g/mol. The van der Waals surface area contributed by atoms with Crippen LogP contribution in [0.4, 0.5) is 0 Å². The van der Waals surface area contributed by atoms with Gasteiger partial charge in [0, 0.05) is 20.6 Å². The molecule has 1 aromatic heterocycles. The van der Waals surface area contributed by atoms with E-state index in [1.807, 2.05) is 27.8 Å². The molecule has 0 aliphatic heterocycles. The zero-order valence-electron chi connectivity index (χ0n) is 11.1. The van der Waals surface area contributed by atoms with E-state index in [1.165, 1.54) is 0 Å². The highest BCUT2D eigenvalue weighted by atomic mass is 35.5. The van der Waals surface area contributed by atoms with Crippen LogP contribution in [0.2, 0.25) is 5.02 Å². The van der Waals surface area contributed by atoms with Gasteiger partial charge in [-0.25, -0.2) is 0 Å². The first-order valence-electron chi connectivity index (χ1n) is 5.77. The maximum absolute atomic E-state index is 10.3. The summed E-state index contributed by atoms with van der Waals surface area (Å²) in [5, 5.41) is 15.1. The molecule has 1 heterocycles. The lowest BCUT2D eigenvalue weighted by Gasteiger charge is -2.32. The molecule has 0 amide bonds. The second-order valence-electron chi connectivity index (χ2n) is 4.56. The van der Waals surface area contributed by atoms with Crippen LogP contribution >= 0.6 is 11.6 Å². The normalized spacial score (nSPS) is 16.9. The fraction of sp³-hybridized carbons (Fsp3) is 0.750. The Morgan fingerprint density at radius 1 is 1.59 bits per heavy atom. The third-order valence-electron chi connectivity index (χ3n) is 3.52. The molecule has 0 saturated heterocycles. The summed E-state index contributed by atoms with van der Waals surface area (Å²) in [4.78, 5) is 0. The topological polar surface area (TPSA) is 47.3 Å². The third-order valence-corrected chi connectivity index (χ3v) is 4.01. The van der Waals surface area contributed by atoms with E-state index in [0.29, 0.717) is 11.4 Å². The van der Waals surface area contributed by atoms with Gasteiger partial charge in [-0.1, -0.05) is 18.5 Å². The molecule has 0 radical (unpaired) electrons.